The number of guanidine groups is 1. The number of piperazine rings is 1. The lowest BCUT2D eigenvalue weighted by Gasteiger charge is -2.38. The molecule has 2 rings (SSSR count). The summed E-state index contributed by atoms with van der Waals surface area (Å²) in [7, 11) is -2.95. The molecule has 1 aromatic rings. The summed E-state index contributed by atoms with van der Waals surface area (Å²) in [5.41, 5.74) is 0.989. The van der Waals surface area contributed by atoms with E-state index in [1.807, 2.05) is 18.2 Å². The number of nitrogens with zero attached hydrogens (tertiary/aromatic N) is 3. The Morgan fingerprint density at radius 2 is 1.90 bits per heavy atom. The number of benzene rings is 1. The van der Waals surface area contributed by atoms with E-state index in [1.54, 1.807) is 0 Å². The molecular formula is C20H34ClIN4O2S. The molecule has 0 unspecified atom stereocenters. The van der Waals surface area contributed by atoms with Gasteiger partial charge in [-0.05, 0) is 37.0 Å². The molecule has 1 heterocycles. The van der Waals surface area contributed by atoms with Crippen LogP contribution in [0.25, 0.3) is 0 Å². The van der Waals surface area contributed by atoms with E-state index in [0.29, 0.717) is 13.0 Å². The molecule has 0 spiro atoms. The number of hydrogen-bond acceptors (Lipinski definition) is 4. The van der Waals surface area contributed by atoms with E-state index in [2.05, 4.69) is 42.0 Å². The van der Waals surface area contributed by atoms with Gasteiger partial charge in [-0.3, -0.25) is 4.99 Å². The molecule has 9 heteroatoms. The topological polar surface area (TPSA) is 65.0 Å². The summed E-state index contributed by atoms with van der Waals surface area (Å²) < 4.78 is 22.9. The lowest BCUT2D eigenvalue weighted by Crippen LogP contribution is -2.52. The molecule has 1 N–H and O–H groups in total. The summed E-state index contributed by atoms with van der Waals surface area (Å²) in [4.78, 5) is 9.43. The quantitative estimate of drug-likeness (QED) is 0.316. The van der Waals surface area contributed by atoms with Gasteiger partial charge < -0.3 is 15.1 Å². The minimum absolute atomic E-state index is 0. The fourth-order valence-corrected chi connectivity index (χ4v) is 4.21. The van der Waals surface area contributed by atoms with Crippen molar-refractivity contribution in [3.63, 3.8) is 0 Å². The van der Waals surface area contributed by atoms with Gasteiger partial charge in [0.2, 0.25) is 0 Å². The molecule has 0 radical (unpaired) electrons. The van der Waals surface area contributed by atoms with Gasteiger partial charge in [0.25, 0.3) is 0 Å². The minimum Gasteiger partial charge on any atom is -0.368 e. The molecule has 166 valence electrons. The number of halogens is 2. The van der Waals surface area contributed by atoms with Crippen LogP contribution in [-0.4, -0.2) is 70.6 Å². The highest BCUT2D eigenvalue weighted by molar-refractivity contribution is 14.0. The molecule has 1 aliphatic rings. The third kappa shape index (κ3) is 9.29. The first-order chi connectivity index (χ1) is 13.1. The second-order valence-electron chi connectivity index (χ2n) is 8.17. The first-order valence-corrected chi connectivity index (χ1v) is 12.2. The molecule has 1 saturated heterocycles. The first kappa shape index (κ1) is 26.3. The monoisotopic (exact) mass is 556 g/mol. The van der Waals surface area contributed by atoms with Gasteiger partial charge >= 0.3 is 0 Å². The smallest absolute Gasteiger partial charge is 0.194 e. The number of nitrogens with one attached hydrogen (secondary N) is 1. The SMILES string of the molecule is CCNC(=NCC(C)(C)CCS(C)(=O)=O)N1CCN(c2cccc(Cl)c2)CC1.I. The van der Waals surface area contributed by atoms with Gasteiger partial charge in [0, 0.05) is 56.2 Å². The van der Waals surface area contributed by atoms with Gasteiger partial charge in [-0.25, -0.2) is 8.42 Å². The molecule has 0 amide bonds. The van der Waals surface area contributed by atoms with Crippen molar-refractivity contribution in [1.29, 1.82) is 0 Å². The van der Waals surface area contributed by atoms with E-state index >= 15 is 0 Å². The molecule has 1 fully saturated rings. The Labute approximate surface area is 198 Å². The highest BCUT2D eigenvalue weighted by atomic mass is 127. The van der Waals surface area contributed by atoms with Gasteiger partial charge in [-0.2, -0.15) is 0 Å². The Bertz CT molecular complexity index is 778. The average molecular weight is 557 g/mol. The highest BCUT2D eigenvalue weighted by Crippen LogP contribution is 2.23. The number of hydrogen-bond donors (Lipinski definition) is 1. The number of anilines is 1. The molecule has 1 aliphatic heterocycles. The standard InChI is InChI=1S/C20H33ClN4O2S.HI/c1-5-22-19(23-16-20(2,3)9-14-28(4,26)27)25-12-10-24(11-13-25)18-8-6-7-17(21)15-18;/h6-8,15H,5,9-14,16H2,1-4H3,(H,22,23);1H. The minimum atomic E-state index is -2.95. The zero-order valence-electron chi connectivity index (χ0n) is 17.8. The maximum Gasteiger partial charge on any atom is 0.194 e. The molecule has 0 aromatic heterocycles. The van der Waals surface area contributed by atoms with E-state index in [1.165, 1.54) is 6.26 Å². The second kappa shape index (κ2) is 11.6. The number of sulfone groups is 1. The predicted octanol–water partition coefficient (Wildman–Crippen LogP) is 3.51. The van der Waals surface area contributed by atoms with Gasteiger partial charge in [-0.1, -0.05) is 31.5 Å². The Morgan fingerprint density at radius 1 is 1.24 bits per heavy atom. The number of rotatable bonds is 7. The van der Waals surface area contributed by atoms with Crippen LogP contribution in [0.5, 0.6) is 0 Å². The van der Waals surface area contributed by atoms with Crippen LogP contribution in [0.4, 0.5) is 5.69 Å². The molecule has 1 aromatic carbocycles. The maximum absolute atomic E-state index is 11.5. The van der Waals surface area contributed by atoms with Gasteiger partial charge in [0.1, 0.15) is 9.84 Å². The fraction of sp³-hybridized carbons (Fsp3) is 0.650. The van der Waals surface area contributed by atoms with E-state index in [0.717, 1.165) is 49.4 Å². The van der Waals surface area contributed by atoms with Crippen LogP contribution in [0.3, 0.4) is 0 Å². The number of aliphatic imine (C=N–C) groups is 1. The van der Waals surface area contributed by atoms with Crippen molar-refractivity contribution in [2.24, 2.45) is 10.4 Å². The molecule has 0 aliphatic carbocycles. The lowest BCUT2D eigenvalue weighted by molar-refractivity contribution is 0.348. The molecule has 29 heavy (non-hydrogen) atoms. The van der Waals surface area contributed by atoms with Gasteiger partial charge in [-0.15, -0.1) is 24.0 Å². The molecule has 6 nitrogen and oxygen atoms in total. The van der Waals surface area contributed by atoms with E-state index in [-0.39, 0.29) is 35.1 Å². The summed E-state index contributed by atoms with van der Waals surface area (Å²) in [5.74, 6) is 1.10. The molecule has 0 saturated carbocycles. The van der Waals surface area contributed by atoms with E-state index < -0.39 is 9.84 Å². The van der Waals surface area contributed by atoms with Crippen LogP contribution in [-0.2, 0) is 9.84 Å². The lowest BCUT2D eigenvalue weighted by atomic mass is 9.90. The summed E-state index contributed by atoms with van der Waals surface area (Å²) in [6, 6.07) is 7.96. The summed E-state index contributed by atoms with van der Waals surface area (Å²) >= 11 is 6.12. The van der Waals surface area contributed by atoms with Crippen molar-refractivity contribution in [1.82, 2.24) is 10.2 Å². The van der Waals surface area contributed by atoms with Crippen molar-refractivity contribution >= 4 is 57.1 Å². The van der Waals surface area contributed by atoms with Crippen molar-refractivity contribution in [3.8, 4) is 0 Å². The van der Waals surface area contributed by atoms with Crippen molar-refractivity contribution in [2.45, 2.75) is 27.2 Å². The molecular weight excluding hydrogens is 523 g/mol. The van der Waals surface area contributed by atoms with Crippen molar-refractivity contribution in [3.05, 3.63) is 29.3 Å². The van der Waals surface area contributed by atoms with Crippen LogP contribution in [0.2, 0.25) is 5.02 Å². The average Bonchev–Trinajstić information content (AvgIpc) is 2.63. The largest absolute Gasteiger partial charge is 0.368 e. The molecule has 0 atom stereocenters. The Morgan fingerprint density at radius 3 is 2.45 bits per heavy atom. The summed E-state index contributed by atoms with van der Waals surface area (Å²) in [6.45, 7) is 11.2. The summed E-state index contributed by atoms with van der Waals surface area (Å²) in [6.07, 6.45) is 1.90. The van der Waals surface area contributed by atoms with Crippen molar-refractivity contribution in [2.75, 3.05) is 56.2 Å². The Hall–Kier alpha value is -0.740. The molecule has 0 bridgehead atoms. The first-order valence-electron chi connectivity index (χ1n) is 9.81. The normalized spacial score (nSPS) is 15.8. The van der Waals surface area contributed by atoms with Crippen LogP contribution in [0.15, 0.2) is 29.3 Å². The third-order valence-corrected chi connectivity index (χ3v) is 6.07. The maximum atomic E-state index is 11.5. The Kier molecular flexibility index (Phi) is 10.5. The third-order valence-electron chi connectivity index (χ3n) is 4.89. The van der Waals surface area contributed by atoms with Crippen molar-refractivity contribution < 1.29 is 8.42 Å². The highest BCUT2D eigenvalue weighted by Gasteiger charge is 2.23. The second-order valence-corrected chi connectivity index (χ2v) is 10.9. The Balaban J connectivity index is 0.00000420. The van der Waals surface area contributed by atoms with Crippen LogP contribution in [0, 0.1) is 5.41 Å². The van der Waals surface area contributed by atoms with Gasteiger partial charge in [0.15, 0.2) is 5.96 Å². The van der Waals surface area contributed by atoms with Crippen LogP contribution < -0.4 is 10.2 Å². The van der Waals surface area contributed by atoms with Gasteiger partial charge in [0.05, 0.1) is 5.75 Å². The van der Waals surface area contributed by atoms with Crippen LogP contribution in [0.1, 0.15) is 27.2 Å². The zero-order valence-corrected chi connectivity index (χ0v) is 21.7. The van der Waals surface area contributed by atoms with E-state index in [9.17, 15) is 8.42 Å². The predicted molar refractivity (Wildman–Crippen MR) is 135 cm³/mol. The zero-order chi connectivity index (χ0) is 20.8. The van der Waals surface area contributed by atoms with E-state index in [4.69, 9.17) is 16.6 Å². The van der Waals surface area contributed by atoms with Crippen LogP contribution >= 0.6 is 35.6 Å². The fourth-order valence-electron chi connectivity index (χ4n) is 3.10. The summed E-state index contributed by atoms with van der Waals surface area (Å²) in [5, 5.41) is 4.13.